The molecule has 0 radical (unpaired) electrons. The van der Waals surface area contributed by atoms with Crippen LogP contribution in [0.5, 0.6) is 0 Å². The van der Waals surface area contributed by atoms with E-state index >= 15 is 0 Å². The van der Waals surface area contributed by atoms with E-state index in [-0.39, 0.29) is 5.91 Å². The van der Waals surface area contributed by atoms with Gasteiger partial charge in [0.05, 0.1) is 6.54 Å². The Morgan fingerprint density at radius 3 is 2.26 bits per heavy atom. The van der Waals surface area contributed by atoms with Gasteiger partial charge in [0.1, 0.15) is 26.2 Å². The van der Waals surface area contributed by atoms with Crippen molar-refractivity contribution in [3.63, 3.8) is 0 Å². The van der Waals surface area contributed by atoms with Crippen LogP contribution in [0.2, 0.25) is 0 Å². The molecule has 1 aromatic rings. The zero-order valence-electron chi connectivity index (χ0n) is 12.0. The Hall–Kier alpha value is -1.39. The second kappa shape index (κ2) is 6.68. The number of likely N-dealkylation sites (N-methyl/N-ethyl adjacent to an activating group) is 2. The number of benzene rings is 1. The lowest BCUT2D eigenvalue weighted by atomic mass is 10.2. The van der Waals surface area contributed by atoms with Gasteiger partial charge in [-0.1, -0.05) is 18.2 Å². The summed E-state index contributed by atoms with van der Waals surface area (Å²) in [6, 6.07) is 9.86. The average Bonchev–Trinajstić information content (AvgIpc) is 2.48. The quantitative estimate of drug-likeness (QED) is 0.677. The largest absolute Gasteiger partial charge is 0.326 e. The van der Waals surface area contributed by atoms with Gasteiger partial charge in [-0.25, -0.2) is 0 Å². The number of nitrogens with zero attached hydrogens (tertiary/aromatic N) is 1. The van der Waals surface area contributed by atoms with Crippen molar-refractivity contribution in [1.82, 2.24) is 0 Å². The highest BCUT2D eigenvalue weighted by atomic mass is 16.2. The van der Waals surface area contributed by atoms with Gasteiger partial charge in [-0.2, -0.15) is 0 Å². The molecule has 1 amide bonds. The van der Waals surface area contributed by atoms with Crippen molar-refractivity contribution < 1.29 is 14.6 Å². The van der Waals surface area contributed by atoms with E-state index < -0.39 is 0 Å². The second-order valence-electron chi connectivity index (χ2n) is 5.32. The predicted molar refractivity (Wildman–Crippen MR) is 76.7 cm³/mol. The van der Waals surface area contributed by atoms with Crippen LogP contribution >= 0.6 is 0 Å². The van der Waals surface area contributed by atoms with Gasteiger partial charge < -0.3 is 14.7 Å². The van der Waals surface area contributed by atoms with Crippen LogP contribution in [0.15, 0.2) is 30.3 Å². The number of hydrogen-bond acceptors (Lipinski definition) is 1. The third-order valence-corrected chi connectivity index (χ3v) is 4.08. The number of para-hydroxylation sites is 1. The number of nitrogens with one attached hydrogen (secondary N) is 2. The molecule has 2 N–H and O–H groups in total. The van der Waals surface area contributed by atoms with Gasteiger partial charge in [0.25, 0.3) is 5.91 Å². The number of anilines is 1. The van der Waals surface area contributed by atoms with Crippen LogP contribution < -0.4 is 14.7 Å². The van der Waals surface area contributed by atoms with Gasteiger partial charge in [0.15, 0.2) is 6.54 Å². The number of quaternary nitrogens is 2. The number of piperazine rings is 1. The standard InChI is InChI=1S/C15H23N3O/c1-3-17-9-11-18(12-10-17)13-15(19)16(2)14-7-5-4-6-8-14/h4-8H,3,9-13H2,1-2H3/p+2. The van der Waals surface area contributed by atoms with Crippen molar-refractivity contribution >= 4 is 11.6 Å². The highest BCUT2D eigenvalue weighted by molar-refractivity contribution is 5.93. The molecule has 0 unspecified atom stereocenters. The number of carbonyl (C=O) groups is 1. The molecule has 4 heteroatoms. The molecule has 19 heavy (non-hydrogen) atoms. The third-order valence-electron chi connectivity index (χ3n) is 4.08. The van der Waals surface area contributed by atoms with E-state index in [1.807, 2.05) is 37.4 Å². The third kappa shape index (κ3) is 3.78. The maximum atomic E-state index is 12.3. The van der Waals surface area contributed by atoms with Gasteiger partial charge in [-0.05, 0) is 19.1 Å². The highest BCUT2D eigenvalue weighted by Crippen LogP contribution is 2.10. The molecule has 4 nitrogen and oxygen atoms in total. The summed E-state index contributed by atoms with van der Waals surface area (Å²) in [6.45, 7) is 8.64. The van der Waals surface area contributed by atoms with Gasteiger partial charge >= 0.3 is 0 Å². The van der Waals surface area contributed by atoms with Crippen molar-refractivity contribution in [1.29, 1.82) is 0 Å². The summed E-state index contributed by atoms with van der Waals surface area (Å²) in [5.74, 6) is 0.209. The normalized spacial score (nSPS) is 23.1. The minimum Gasteiger partial charge on any atom is -0.326 e. The Kier molecular flexibility index (Phi) is 4.93. The second-order valence-corrected chi connectivity index (χ2v) is 5.32. The molecule has 0 saturated carbocycles. The zero-order valence-corrected chi connectivity index (χ0v) is 12.0. The molecule has 0 aliphatic carbocycles. The molecule has 0 spiro atoms. The zero-order chi connectivity index (χ0) is 13.7. The molecule has 1 aromatic carbocycles. The van der Waals surface area contributed by atoms with Crippen molar-refractivity contribution in [3.05, 3.63) is 30.3 Å². The topological polar surface area (TPSA) is 29.2 Å². The first-order valence-corrected chi connectivity index (χ1v) is 7.19. The molecule has 0 atom stereocenters. The highest BCUT2D eigenvalue weighted by Gasteiger charge is 2.25. The molecule has 104 valence electrons. The first-order chi connectivity index (χ1) is 9.20. The summed E-state index contributed by atoms with van der Waals surface area (Å²) in [6.07, 6.45) is 0. The Labute approximate surface area is 115 Å². The minimum atomic E-state index is 0.209. The molecule has 1 aliphatic heterocycles. The lowest BCUT2D eigenvalue weighted by molar-refractivity contribution is -1.01. The first kappa shape index (κ1) is 14.0. The summed E-state index contributed by atoms with van der Waals surface area (Å²) >= 11 is 0. The number of rotatable bonds is 4. The van der Waals surface area contributed by atoms with E-state index in [2.05, 4.69) is 6.92 Å². The fourth-order valence-electron chi connectivity index (χ4n) is 2.62. The van der Waals surface area contributed by atoms with Crippen molar-refractivity contribution in [3.8, 4) is 0 Å². The molecule has 1 fully saturated rings. The molecule has 1 saturated heterocycles. The fraction of sp³-hybridized carbons (Fsp3) is 0.533. The lowest BCUT2D eigenvalue weighted by Gasteiger charge is -2.29. The Morgan fingerprint density at radius 1 is 1.11 bits per heavy atom. The predicted octanol–water partition coefficient (Wildman–Crippen LogP) is -1.55. The van der Waals surface area contributed by atoms with E-state index in [9.17, 15) is 4.79 Å². The molecule has 2 rings (SSSR count). The van der Waals surface area contributed by atoms with Crippen molar-refractivity contribution in [2.45, 2.75) is 6.92 Å². The average molecular weight is 263 g/mol. The minimum absolute atomic E-state index is 0.209. The van der Waals surface area contributed by atoms with Crippen LogP contribution in [0.4, 0.5) is 5.69 Å². The molecule has 0 aromatic heterocycles. The van der Waals surface area contributed by atoms with Gasteiger partial charge in [-0.3, -0.25) is 4.79 Å². The van der Waals surface area contributed by atoms with Crippen LogP contribution in [-0.2, 0) is 4.79 Å². The fourth-order valence-corrected chi connectivity index (χ4v) is 2.62. The lowest BCUT2D eigenvalue weighted by Crippen LogP contribution is -3.28. The van der Waals surface area contributed by atoms with E-state index in [1.165, 1.54) is 24.5 Å². The monoisotopic (exact) mass is 263 g/mol. The van der Waals surface area contributed by atoms with Gasteiger partial charge in [0, 0.05) is 12.7 Å². The van der Waals surface area contributed by atoms with Crippen LogP contribution in [0, 0.1) is 0 Å². The van der Waals surface area contributed by atoms with E-state index in [1.54, 1.807) is 9.80 Å². The summed E-state index contributed by atoms with van der Waals surface area (Å²) < 4.78 is 0. The Balaban J connectivity index is 1.85. The van der Waals surface area contributed by atoms with Crippen LogP contribution in [-0.4, -0.2) is 52.2 Å². The first-order valence-electron chi connectivity index (χ1n) is 7.19. The molecular weight excluding hydrogens is 238 g/mol. The summed E-state index contributed by atoms with van der Waals surface area (Å²) in [7, 11) is 1.87. The van der Waals surface area contributed by atoms with E-state index in [0.717, 1.165) is 18.8 Å². The molecule has 1 heterocycles. The number of hydrogen-bond donors (Lipinski definition) is 2. The molecule has 0 bridgehead atoms. The smallest absolute Gasteiger partial charge is 0.281 e. The molecular formula is C15H25N3O+2. The van der Waals surface area contributed by atoms with Crippen LogP contribution in [0.1, 0.15) is 6.92 Å². The van der Waals surface area contributed by atoms with Crippen molar-refractivity contribution in [2.24, 2.45) is 0 Å². The van der Waals surface area contributed by atoms with Crippen LogP contribution in [0.25, 0.3) is 0 Å². The Bertz CT molecular complexity index is 399. The Morgan fingerprint density at radius 2 is 1.68 bits per heavy atom. The van der Waals surface area contributed by atoms with Gasteiger partial charge in [0.2, 0.25) is 0 Å². The van der Waals surface area contributed by atoms with E-state index in [4.69, 9.17) is 0 Å². The molecule has 1 aliphatic rings. The van der Waals surface area contributed by atoms with Gasteiger partial charge in [-0.15, -0.1) is 0 Å². The summed E-state index contributed by atoms with van der Waals surface area (Å²) in [5.41, 5.74) is 0.977. The maximum absolute atomic E-state index is 12.3. The summed E-state index contributed by atoms with van der Waals surface area (Å²) in [4.78, 5) is 17.1. The SMILES string of the molecule is CC[NH+]1CC[NH+](CC(=O)N(C)c2ccccc2)CC1. The van der Waals surface area contributed by atoms with E-state index in [0.29, 0.717) is 6.54 Å². The maximum Gasteiger partial charge on any atom is 0.281 e. The number of carbonyl (C=O) groups excluding carboxylic acids is 1. The van der Waals surface area contributed by atoms with Crippen LogP contribution in [0.3, 0.4) is 0 Å². The summed E-state index contributed by atoms with van der Waals surface area (Å²) in [5, 5.41) is 0. The van der Waals surface area contributed by atoms with Crippen molar-refractivity contribution in [2.75, 3.05) is 51.2 Å². The number of amides is 1.